The van der Waals surface area contributed by atoms with Crippen molar-refractivity contribution in [3.63, 3.8) is 0 Å². The van der Waals surface area contributed by atoms with Gasteiger partial charge in [-0.2, -0.15) is 4.31 Å². The quantitative estimate of drug-likeness (QED) is 0.448. The molecule has 1 aliphatic rings. The molecule has 1 aliphatic heterocycles. The molecule has 176 valence electrons. The standard InChI is InChI=1S/C23H26ClN3O5S/c1-2-9-27-21-8-7-19(33(29,30)26-10-12-31-13-11-26)15-20(21)25-22(27)16-32-23(28)14-17-3-5-18(24)6-4-17/h3-8,15H,2,9-14,16H2,1H3. The number of hydrogen-bond donors (Lipinski definition) is 0. The summed E-state index contributed by atoms with van der Waals surface area (Å²) < 4.78 is 40.2. The highest BCUT2D eigenvalue weighted by molar-refractivity contribution is 7.89. The topological polar surface area (TPSA) is 90.7 Å². The van der Waals surface area contributed by atoms with Gasteiger partial charge in [0.05, 0.1) is 35.6 Å². The molecule has 4 rings (SSSR count). The molecule has 0 atom stereocenters. The maximum atomic E-state index is 13.0. The Morgan fingerprint density at radius 3 is 2.58 bits per heavy atom. The Kier molecular flexibility index (Phi) is 7.33. The average molecular weight is 492 g/mol. The van der Waals surface area contributed by atoms with Gasteiger partial charge in [-0.3, -0.25) is 4.79 Å². The molecule has 3 aromatic rings. The van der Waals surface area contributed by atoms with Crippen LogP contribution in [0.25, 0.3) is 11.0 Å². The minimum Gasteiger partial charge on any atom is -0.457 e. The van der Waals surface area contributed by atoms with Gasteiger partial charge in [0, 0.05) is 24.7 Å². The number of esters is 1. The fraction of sp³-hybridized carbons (Fsp3) is 0.391. The third kappa shape index (κ3) is 5.38. The number of morpholine rings is 1. The second kappa shape index (κ2) is 10.2. The normalized spacial score (nSPS) is 15.1. The molecule has 0 N–H and O–H groups in total. The SMILES string of the molecule is CCCn1c(COC(=O)Cc2ccc(Cl)cc2)nc2cc(S(=O)(=O)N3CCOCC3)ccc21. The van der Waals surface area contributed by atoms with Crippen LogP contribution in [0.5, 0.6) is 0 Å². The number of rotatable bonds is 8. The largest absolute Gasteiger partial charge is 0.457 e. The fourth-order valence-electron chi connectivity index (χ4n) is 3.80. The van der Waals surface area contributed by atoms with Gasteiger partial charge in [-0.25, -0.2) is 13.4 Å². The zero-order chi connectivity index (χ0) is 23.4. The lowest BCUT2D eigenvalue weighted by Gasteiger charge is -2.26. The van der Waals surface area contributed by atoms with Gasteiger partial charge < -0.3 is 14.0 Å². The van der Waals surface area contributed by atoms with Crippen LogP contribution in [0.2, 0.25) is 5.02 Å². The number of halogens is 1. The Morgan fingerprint density at radius 2 is 1.88 bits per heavy atom. The smallest absolute Gasteiger partial charge is 0.310 e. The van der Waals surface area contributed by atoms with E-state index < -0.39 is 10.0 Å². The highest BCUT2D eigenvalue weighted by atomic mass is 35.5. The lowest BCUT2D eigenvalue weighted by atomic mass is 10.1. The molecule has 0 radical (unpaired) electrons. The fourth-order valence-corrected chi connectivity index (χ4v) is 5.36. The van der Waals surface area contributed by atoms with Crippen LogP contribution in [0.15, 0.2) is 47.4 Å². The lowest BCUT2D eigenvalue weighted by Crippen LogP contribution is -2.40. The second-order valence-corrected chi connectivity index (χ2v) is 10.2. The van der Waals surface area contributed by atoms with Gasteiger partial charge in [-0.1, -0.05) is 30.7 Å². The molecule has 2 aromatic carbocycles. The number of aromatic nitrogens is 2. The minimum absolute atomic E-state index is 0.00660. The van der Waals surface area contributed by atoms with E-state index >= 15 is 0 Å². The van der Waals surface area contributed by atoms with Crippen molar-refractivity contribution in [3.8, 4) is 0 Å². The van der Waals surface area contributed by atoms with Gasteiger partial charge in [0.25, 0.3) is 0 Å². The van der Waals surface area contributed by atoms with Crippen molar-refractivity contribution in [1.82, 2.24) is 13.9 Å². The number of fused-ring (bicyclic) bond motifs is 1. The molecule has 0 aliphatic carbocycles. The van der Waals surface area contributed by atoms with Crippen molar-refractivity contribution in [2.75, 3.05) is 26.3 Å². The Hall–Kier alpha value is -2.46. The first-order valence-electron chi connectivity index (χ1n) is 10.9. The summed E-state index contributed by atoms with van der Waals surface area (Å²) in [6.07, 6.45) is 0.984. The van der Waals surface area contributed by atoms with Gasteiger partial charge >= 0.3 is 5.97 Å². The maximum absolute atomic E-state index is 13.0. The van der Waals surface area contributed by atoms with Crippen molar-refractivity contribution >= 4 is 38.6 Å². The van der Waals surface area contributed by atoms with E-state index in [1.807, 2.05) is 11.5 Å². The zero-order valence-corrected chi connectivity index (χ0v) is 19.9. The molecule has 0 bridgehead atoms. The van der Waals surface area contributed by atoms with E-state index in [1.165, 1.54) is 4.31 Å². The molecule has 1 fully saturated rings. The molecule has 1 saturated heterocycles. The van der Waals surface area contributed by atoms with Gasteiger partial charge in [0.2, 0.25) is 10.0 Å². The molecule has 33 heavy (non-hydrogen) atoms. The van der Waals surface area contributed by atoms with Crippen LogP contribution in [0, 0.1) is 0 Å². The number of carbonyl (C=O) groups excluding carboxylic acids is 1. The molecule has 10 heteroatoms. The van der Waals surface area contributed by atoms with Crippen LogP contribution in [0.3, 0.4) is 0 Å². The van der Waals surface area contributed by atoms with Crippen molar-refractivity contribution in [2.24, 2.45) is 0 Å². The molecule has 1 aromatic heterocycles. The van der Waals surface area contributed by atoms with Crippen LogP contribution in [0.4, 0.5) is 0 Å². The van der Waals surface area contributed by atoms with Crippen LogP contribution >= 0.6 is 11.6 Å². The molecular weight excluding hydrogens is 466 g/mol. The molecule has 8 nitrogen and oxygen atoms in total. The number of benzene rings is 2. The predicted molar refractivity (Wildman–Crippen MR) is 125 cm³/mol. The first kappa shape index (κ1) is 23.7. The molecule has 0 unspecified atom stereocenters. The second-order valence-electron chi connectivity index (χ2n) is 7.81. The predicted octanol–water partition coefficient (Wildman–Crippen LogP) is 3.41. The first-order valence-corrected chi connectivity index (χ1v) is 12.7. The average Bonchev–Trinajstić information content (AvgIpc) is 3.17. The van der Waals surface area contributed by atoms with E-state index in [9.17, 15) is 13.2 Å². The van der Waals surface area contributed by atoms with E-state index in [0.29, 0.717) is 49.2 Å². The monoisotopic (exact) mass is 491 g/mol. The van der Waals surface area contributed by atoms with E-state index in [0.717, 1.165) is 17.5 Å². The number of imidazole rings is 1. The Balaban J connectivity index is 1.54. The van der Waals surface area contributed by atoms with Gasteiger partial charge in [0.15, 0.2) is 0 Å². The van der Waals surface area contributed by atoms with Crippen LogP contribution < -0.4 is 0 Å². The summed E-state index contributed by atoms with van der Waals surface area (Å²) in [6.45, 7) is 4.16. The van der Waals surface area contributed by atoms with Gasteiger partial charge in [-0.15, -0.1) is 0 Å². The van der Waals surface area contributed by atoms with Crippen molar-refractivity contribution in [1.29, 1.82) is 0 Å². The summed E-state index contributed by atoms with van der Waals surface area (Å²) in [5.41, 5.74) is 2.17. The van der Waals surface area contributed by atoms with Gasteiger partial charge in [-0.05, 0) is 42.3 Å². The summed E-state index contributed by atoms with van der Waals surface area (Å²) in [4.78, 5) is 17.1. The number of aryl methyl sites for hydroxylation is 1. The van der Waals surface area contributed by atoms with Crippen molar-refractivity contribution in [2.45, 2.75) is 37.8 Å². The summed E-state index contributed by atoms with van der Waals surface area (Å²) in [5.74, 6) is 0.209. The van der Waals surface area contributed by atoms with E-state index in [4.69, 9.17) is 21.1 Å². The summed E-state index contributed by atoms with van der Waals surface area (Å²) in [6, 6.07) is 12.0. The number of hydrogen-bond acceptors (Lipinski definition) is 6. The minimum atomic E-state index is -3.62. The number of carbonyl (C=O) groups is 1. The Bertz CT molecular complexity index is 1230. The van der Waals surface area contributed by atoms with E-state index in [1.54, 1.807) is 42.5 Å². The Labute approximate surface area is 198 Å². The number of ether oxygens (including phenoxy) is 2. The highest BCUT2D eigenvalue weighted by Gasteiger charge is 2.27. The van der Waals surface area contributed by atoms with E-state index in [2.05, 4.69) is 4.98 Å². The summed E-state index contributed by atoms with van der Waals surface area (Å²) in [5, 5.41) is 0.607. The van der Waals surface area contributed by atoms with Crippen molar-refractivity contribution in [3.05, 3.63) is 58.9 Å². The van der Waals surface area contributed by atoms with Gasteiger partial charge in [0.1, 0.15) is 12.4 Å². The summed E-state index contributed by atoms with van der Waals surface area (Å²) >= 11 is 5.89. The maximum Gasteiger partial charge on any atom is 0.310 e. The van der Waals surface area contributed by atoms with Crippen LogP contribution in [0.1, 0.15) is 24.7 Å². The first-order chi connectivity index (χ1) is 15.9. The molecule has 0 amide bonds. The number of nitrogens with zero attached hydrogens (tertiary/aromatic N) is 3. The molecule has 2 heterocycles. The highest BCUT2D eigenvalue weighted by Crippen LogP contribution is 2.24. The summed E-state index contributed by atoms with van der Waals surface area (Å²) in [7, 11) is -3.62. The van der Waals surface area contributed by atoms with Crippen LogP contribution in [-0.2, 0) is 43.9 Å². The molecule has 0 saturated carbocycles. The van der Waals surface area contributed by atoms with Crippen molar-refractivity contribution < 1.29 is 22.7 Å². The molecule has 0 spiro atoms. The zero-order valence-electron chi connectivity index (χ0n) is 18.4. The lowest BCUT2D eigenvalue weighted by molar-refractivity contribution is -0.144. The Morgan fingerprint density at radius 1 is 1.15 bits per heavy atom. The van der Waals surface area contributed by atoms with Crippen LogP contribution in [-0.4, -0.2) is 54.5 Å². The third-order valence-corrected chi connectivity index (χ3v) is 7.62. The molecular formula is C23H26ClN3O5S. The van der Waals surface area contributed by atoms with E-state index in [-0.39, 0.29) is 23.9 Å². The third-order valence-electron chi connectivity index (χ3n) is 5.48. The number of sulfonamides is 1.